The van der Waals surface area contributed by atoms with E-state index in [1.807, 2.05) is 0 Å². The van der Waals surface area contributed by atoms with Gasteiger partial charge >= 0.3 is 30.9 Å². The molecule has 61 heavy (non-hydrogen) atoms. The minimum absolute atomic E-state index is 0.0701. The van der Waals surface area contributed by atoms with Crippen molar-refractivity contribution in [3.8, 4) is 0 Å². The third-order valence-electron chi connectivity index (χ3n) is 14.2. The van der Waals surface area contributed by atoms with Crippen LogP contribution in [-0.2, 0) is 30.1 Å². The second kappa shape index (κ2) is 16.7. The number of fused-ring (bicyclic) bond motifs is 4. The first-order valence-electron chi connectivity index (χ1n) is 20.0. The molecule has 4 bridgehead atoms. The number of hydrogen-bond acceptors (Lipinski definition) is 6. The standard InChI is InChI=1S/C40H51F15O6/c1-6-20(2)21-11-28(33(4,37(44,45)46)60-18-58-30-13-22-7-24(30)9-26(22)16-32(3,56)36(41,42)43)15-29(12-21)34(5,38(47,48)49)61-19-59-31-14-23-8-25(31)10-27(23)17-35(57,39(50,51)52)40(53,54)55/h11-12,15,20,22-27,30-31,56-57H,6-10,13-14,16-19H2,1-5H3. The molecule has 0 amide bonds. The number of benzene rings is 1. The van der Waals surface area contributed by atoms with E-state index >= 15 is 26.3 Å². The van der Waals surface area contributed by atoms with Crippen LogP contribution in [-0.4, -0.2) is 78.1 Å². The number of halogens is 15. The maximum atomic E-state index is 15.0. The third kappa shape index (κ3) is 9.66. The molecule has 0 aliphatic heterocycles. The fourth-order valence-electron chi connectivity index (χ4n) is 9.85. The molecule has 12 atom stereocenters. The highest BCUT2D eigenvalue weighted by molar-refractivity contribution is 5.39. The van der Waals surface area contributed by atoms with Crippen LogP contribution in [0, 0.1) is 35.5 Å². The molecule has 0 aromatic heterocycles. The maximum absolute atomic E-state index is 15.0. The van der Waals surface area contributed by atoms with E-state index in [4.69, 9.17) is 18.9 Å². The van der Waals surface area contributed by atoms with E-state index < -0.39 is 133 Å². The highest BCUT2D eigenvalue weighted by atomic mass is 19.4. The average Bonchev–Trinajstić information content (AvgIpc) is 3.90. The van der Waals surface area contributed by atoms with Crippen LogP contribution in [0.5, 0.6) is 0 Å². The van der Waals surface area contributed by atoms with E-state index in [1.165, 1.54) is 0 Å². The molecule has 6 nitrogen and oxygen atoms in total. The molecule has 4 fully saturated rings. The van der Waals surface area contributed by atoms with Crippen molar-refractivity contribution in [2.75, 3.05) is 13.6 Å². The van der Waals surface area contributed by atoms with Crippen molar-refractivity contribution in [3.63, 3.8) is 0 Å². The molecule has 4 aliphatic carbocycles. The van der Waals surface area contributed by atoms with E-state index in [2.05, 4.69) is 0 Å². The predicted octanol–water partition coefficient (Wildman–Crippen LogP) is 11.5. The highest BCUT2D eigenvalue weighted by Crippen LogP contribution is 2.57. The van der Waals surface area contributed by atoms with E-state index in [1.54, 1.807) is 13.8 Å². The van der Waals surface area contributed by atoms with E-state index in [0.29, 0.717) is 39.7 Å². The Labute approximate surface area is 342 Å². The van der Waals surface area contributed by atoms with Crippen molar-refractivity contribution >= 4 is 0 Å². The zero-order valence-electron chi connectivity index (χ0n) is 33.9. The summed E-state index contributed by atoms with van der Waals surface area (Å²) in [5.41, 5.74) is -15.9. The second-order valence-electron chi connectivity index (χ2n) is 18.2. The van der Waals surface area contributed by atoms with Gasteiger partial charge in [-0.15, -0.1) is 0 Å². The van der Waals surface area contributed by atoms with Gasteiger partial charge in [-0.05, 0) is 143 Å². The summed E-state index contributed by atoms with van der Waals surface area (Å²) in [5.74, 6) is -4.34. The predicted molar refractivity (Wildman–Crippen MR) is 185 cm³/mol. The molecule has 4 aliphatic rings. The summed E-state index contributed by atoms with van der Waals surface area (Å²) >= 11 is 0. The van der Waals surface area contributed by atoms with Gasteiger partial charge in [0.1, 0.15) is 13.6 Å². The van der Waals surface area contributed by atoms with Gasteiger partial charge in [-0.3, -0.25) is 0 Å². The summed E-state index contributed by atoms with van der Waals surface area (Å²) in [6.07, 6.45) is -30.4. The van der Waals surface area contributed by atoms with Crippen LogP contribution >= 0.6 is 0 Å². The average molecular weight is 913 g/mol. The van der Waals surface area contributed by atoms with Crippen molar-refractivity contribution in [3.05, 3.63) is 34.9 Å². The van der Waals surface area contributed by atoms with Crippen LogP contribution in [0.25, 0.3) is 0 Å². The molecule has 1 aromatic rings. The van der Waals surface area contributed by atoms with Crippen molar-refractivity contribution in [1.82, 2.24) is 0 Å². The van der Waals surface area contributed by atoms with Gasteiger partial charge in [-0.25, -0.2) is 0 Å². The first-order valence-corrected chi connectivity index (χ1v) is 20.0. The van der Waals surface area contributed by atoms with Crippen LogP contribution < -0.4 is 0 Å². The molecule has 0 radical (unpaired) electrons. The molecule has 0 heterocycles. The third-order valence-corrected chi connectivity index (χ3v) is 14.2. The number of rotatable bonds is 16. The summed E-state index contributed by atoms with van der Waals surface area (Å²) in [4.78, 5) is 0. The highest BCUT2D eigenvalue weighted by Gasteiger charge is 2.71. The van der Waals surface area contributed by atoms with Gasteiger partial charge < -0.3 is 29.2 Å². The molecule has 5 rings (SSSR count). The van der Waals surface area contributed by atoms with Crippen molar-refractivity contribution in [2.45, 2.75) is 164 Å². The number of alkyl halides is 15. The molecule has 0 saturated heterocycles. The first-order chi connectivity index (χ1) is 27.6. The van der Waals surface area contributed by atoms with E-state index in [0.717, 1.165) is 12.1 Å². The first kappa shape index (κ1) is 49.9. The van der Waals surface area contributed by atoms with Crippen molar-refractivity contribution in [1.29, 1.82) is 0 Å². The molecule has 21 heteroatoms. The van der Waals surface area contributed by atoms with Gasteiger partial charge in [-0.2, -0.15) is 65.9 Å². The minimum atomic E-state index is -6.01. The monoisotopic (exact) mass is 912 g/mol. The zero-order chi connectivity index (χ0) is 46.2. The summed E-state index contributed by atoms with van der Waals surface area (Å²) in [6.45, 7) is 3.03. The smallest absolute Gasteiger partial charge is 0.381 e. The molecule has 12 unspecified atom stereocenters. The fourth-order valence-corrected chi connectivity index (χ4v) is 9.85. The van der Waals surface area contributed by atoms with Crippen LogP contribution in [0.4, 0.5) is 65.9 Å². The summed E-state index contributed by atoms with van der Waals surface area (Å²) in [5, 5.41) is 19.7. The molecule has 2 N–H and O–H groups in total. The van der Waals surface area contributed by atoms with Crippen molar-refractivity contribution in [2.24, 2.45) is 35.5 Å². The van der Waals surface area contributed by atoms with Gasteiger partial charge in [0.15, 0.2) is 16.8 Å². The van der Waals surface area contributed by atoms with Crippen molar-refractivity contribution < 1.29 is 95.0 Å². The Morgan fingerprint density at radius 2 is 0.934 bits per heavy atom. The van der Waals surface area contributed by atoms with Gasteiger partial charge in [0.05, 0.1) is 12.2 Å². The molecule has 352 valence electrons. The van der Waals surface area contributed by atoms with Gasteiger partial charge in [0, 0.05) is 0 Å². The van der Waals surface area contributed by atoms with Crippen LogP contribution in [0.1, 0.15) is 115 Å². The second-order valence-corrected chi connectivity index (χ2v) is 18.2. The molecule has 1 aromatic carbocycles. The number of hydrogen-bond donors (Lipinski definition) is 2. The topological polar surface area (TPSA) is 77.4 Å². The lowest BCUT2D eigenvalue weighted by Gasteiger charge is -2.38. The largest absolute Gasteiger partial charge is 0.426 e. The number of aliphatic hydroxyl groups is 2. The Morgan fingerprint density at radius 3 is 1.25 bits per heavy atom. The molecule has 0 spiro atoms. The fraction of sp³-hybridized carbons (Fsp3) is 0.850. The zero-order valence-corrected chi connectivity index (χ0v) is 33.9. The Bertz CT molecular complexity index is 1660. The molecular weight excluding hydrogens is 861 g/mol. The van der Waals surface area contributed by atoms with Crippen LogP contribution in [0.3, 0.4) is 0 Å². The van der Waals surface area contributed by atoms with E-state index in [-0.39, 0.29) is 49.5 Å². The van der Waals surface area contributed by atoms with Gasteiger partial charge in [0.25, 0.3) is 5.60 Å². The van der Waals surface area contributed by atoms with E-state index in [9.17, 15) is 49.7 Å². The summed E-state index contributed by atoms with van der Waals surface area (Å²) in [6, 6.07) is 2.76. The molecular formula is C40H51F15O6. The summed E-state index contributed by atoms with van der Waals surface area (Å²) < 4.78 is 232. The van der Waals surface area contributed by atoms with Gasteiger partial charge in [0.2, 0.25) is 0 Å². The Hall–Kier alpha value is -2.07. The number of ether oxygens (including phenoxy) is 4. The minimum Gasteiger partial charge on any atom is -0.381 e. The SMILES string of the molecule is CCC(C)c1cc(C(C)(OCOC2CC3CC2CC3CC(C)(O)C(F)(F)F)C(F)(F)F)cc(C(C)(OCOC2CC3CC2CC3CC(O)(C(F)(F)F)C(F)(F)F)C(F)(F)F)c1. The normalized spacial score (nSPS) is 31.0. The Balaban J connectivity index is 1.30. The Kier molecular flexibility index (Phi) is 13.7. The lowest BCUT2D eigenvalue weighted by Crippen LogP contribution is -2.58. The van der Waals surface area contributed by atoms with Crippen LogP contribution in [0.15, 0.2) is 18.2 Å². The lowest BCUT2D eigenvalue weighted by molar-refractivity contribution is -0.373. The quantitative estimate of drug-likeness (QED) is 0.127. The Morgan fingerprint density at radius 1 is 0.541 bits per heavy atom. The maximum Gasteiger partial charge on any atom is 0.426 e. The lowest BCUT2D eigenvalue weighted by atomic mass is 9.79. The van der Waals surface area contributed by atoms with Gasteiger partial charge in [-0.1, -0.05) is 26.0 Å². The van der Waals surface area contributed by atoms with Crippen LogP contribution in [0.2, 0.25) is 0 Å². The molecule has 4 saturated carbocycles. The summed E-state index contributed by atoms with van der Waals surface area (Å²) in [7, 11) is 0.